The van der Waals surface area contributed by atoms with Crippen LogP contribution in [0.15, 0.2) is 0 Å². The molecule has 134 valence electrons. The van der Waals surface area contributed by atoms with Crippen molar-refractivity contribution in [2.24, 2.45) is 5.41 Å². The van der Waals surface area contributed by atoms with Crippen LogP contribution in [0.2, 0.25) is 0 Å². The van der Waals surface area contributed by atoms with Crippen LogP contribution in [-0.2, 0) is 4.74 Å². The van der Waals surface area contributed by atoms with Gasteiger partial charge in [0, 0.05) is 13.2 Å². The van der Waals surface area contributed by atoms with E-state index in [4.69, 9.17) is 4.74 Å². The lowest BCUT2D eigenvalue weighted by molar-refractivity contribution is 0.125. The summed E-state index contributed by atoms with van der Waals surface area (Å²) in [6.45, 7) is 11.3. The standard InChI is InChI=1S/C21H44O/c1-5-6-7-8-13-16-19-22-20-17-14-11-9-10-12-15-18-21(2,3)4/h5-20H2,1-4H3. The average Bonchev–Trinajstić information content (AvgIpc) is 2.45. The molecule has 0 N–H and O–H groups in total. The van der Waals surface area contributed by atoms with Crippen LogP contribution < -0.4 is 0 Å². The maximum Gasteiger partial charge on any atom is 0.0466 e. The molecule has 0 amide bonds. The summed E-state index contributed by atoms with van der Waals surface area (Å²) in [5, 5.41) is 0. The second kappa shape index (κ2) is 15.8. The first-order valence-corrected chi connectivity index (χ1v) is 10.1. The van der Waals surface area contributed by atoms with Crippen molar-refractivity contribution in [1.29, 1.82) is 0 Å². The summed E-state index contributed by atoms with van der Waals surface area (Å²) in [4.78, 5) is 0. The van der Waals surface area contributed by atoms with Crippen molar-refractivity contribution >= 4 is 0 Å². The van der Waals surface area contributed by atoms with Crippen molar-refractivity contribution in [3.63, 3.8) is 0 Å². The van der Waals surface area contributed by atoms with Crippen LogP contribution in [0.1, 0.15) is 118 Å². The van der Waals surface area contributed by atoms with Gasteiger partial charge in [0.1, 0.15) is 0 Å². The van der Waals surface area contributed by atoms with Gasteiger partial charge in [0.05, 0.1) is 0 Å². The SMILES string of the molecule is CCCCCCCCOCCCCCCCCCC(C)(C)C. The Morgan fingerprint density at radius 3 is 1.41 bits per heavy atom. The van der Waals surface area contributed by atoms with E-state index in [2.05, 4.69) is 27.7 Å². The molecule has 0 fully saturated rings. The van der Waals surface area contributed by atoms with Gasteiger partial charge in [-0.05, 0) is 24.7 Å². The van der Waals surface area contributed by atoms with E-state index in [1.54, 1.807) is 0 Å². The predicted molar refractivity (Wildman–Crippen MR) is 101 cm³/mol. The van der Waals surface area contributed by atoms with Gasteiger partial charge in [-0.15, -0.1) is 0 Å². The lowest BCUT2D eigenvalue weighted by Gasteiger charge is -2.17. The minimum Gasteiger partial charge on any atom is -0.381 e. The molecule has 0 unspecified atom stereocenters. The average molecular weight is 313 g/mol. The van der Waals surface area contributed by atoms with Crippen LogP contribution in [0.5, 0.6) is 0 Å². The predicted octanol–water partition coefficient (Wildman–Crippen LogP) is 7.53. The van der Waals surface area contributed by atoms with Crippen molar-refractivity contribution in [1.82, 2.24) is 0 Å². The van der Waals surface area contributed by atoms with E-state index in [1.807, 2.05) is 0 Å². The molecular weight excluding hydrogens is 268 g/mol. The molecule has 0 aliphatic carbocycles. The molecule has 0 aromatic heterocycles. The molecule has 0 saturated carbocycles. The molecule has 22 heavy (non-hydrogen) atoms. The summed E-state index contributed by atoms with van der Waals surface area (Å²) in [6, 6.07) is 0. The Bertz CT molecular complexity index is 204. The number of ether oxygens (including phenoxy) is 1. The third-order valence-electron chi connectivity index (χ3n) is 4.36. The van der Waals surface area contributed by atoms with Crippen molar-refractivity contribution in [2.75, 3.05) is 13.2 Å². The van der Waals surface area contributed by atoms with Crippen LogP contribution in [0, 0.1) is 5.41 Å². The fraction of sp³-hybridized carbons (Fsp3) is 1.00. The van der Waals surface area contributed by atoms with Crippen LogP contribution >= 0.6 is 0 Å². The molecular formula is C21H44O. The Morgan fingerprint density at radius 2 is 0.955 bits per heavy atom. The Morgan fingerprint density at radius 1 is 0.545 bits per heavy atom. The first kappa shape index (κ1) is 22.0. The minimum absolute atomic E-state index is 0.521. The summed E-state index contributed by atoms with van der Waals surface area (Å²) in [7, 11) is 0. The Balaban J connectivity index is 3.00. The molecule has 0 heterocycles. The molecule has 0 aromatic carbocycles. The molecule has 0 aliphatic heterocycles. The number of hydrogen-bond donors (Lipinski definition) is 0. The van der Waals surface area contributed by atoms with Crippen molar-refractivity contribution in [3.8, 4) is 0 Å². The number of unbranched alkanes of at least 4 members (excludes halogenated alkanes) is 11. The van der Waals surface area contributed by atoms with Gasteiger partial charge in [-0.25, -0.2) is 0 Å². The van der Waals surface area contributed by atoms with E-state index in [1.165, 1.54) is 89.9 Å². The van der Waals surface area contributed by atoms with Gasteiger partial charge in [0.15, 0.2) is 0 Å². The van der Waals surface area contributed by atoms with Crippen molar-refractivity contribution in [2.45, 2.75) is 118 Å². The van der Waals surface area contributed by atoms with E-state index in [-0.39, 0.29) is 0 Å². The largest absolute Gasteiger partial charge is 0.381 e. The summed E-state index contributed by atoms with van der Waals surface area (Å²) >= 11 is 0. The second-order valence-electron chi connectivity index (χ2n) is 8.17. The van der Waals surface area contributed by atoms with Crippen LogP contribution in [-0.4, -0.2) is 13.2 Å². The van der Waals surface area contributed by atoms with Crippen LogP contribution in [0.4, 0.5) is 0 Å². The van der Waals surface area contributed by atoms with Gasteiger partial charge in [0.25, 0.3) is 0 Å². The normalized spacial score (nSPS) is 12.0. The Labute approximate surface area is 141 Å². The highest BCUT2D eigenvalue weighted by Crippen LogP contribution is 2.22. The highest BCUT2D eigenvalue weighted by Gasteiger charge is 2.08. The number of hydrogen-bond acceptors (Lipinski definition) is 1. The van der Waals surface area contributed by atoms with E-state index >= 15 is 0 Å². The highest BCUT2D eigenvalue weighted by molar-refractivity contribution is 4.61. The molecule has 1 nitrogen and oxygen atoms in total. The van der Waals surface area contributed by atoms with E-state index in [0.717, 1.165) is 13.2 Å². The molecule has 0 aliphatic rings. The molecule has 0 bridgehead atoms. The number of rotatable bonds is 16. The summed E-state index contributed by atoms with van der Waals surface area (Å²) in [5.41, 5.74) is 0.521. The highest BCUT2D eigenvalue weighted by atomic mass is 16.5. The lowest BCUT2D eigenvalue weighted by Crippen LogP contribution is -2.03. The zero-order valence-corrected chi connectivity index (χ0v) is 16.2. The van der Waals surface area contributed by atoms with Gasteiger partial charge in [-0.2, -0.15) is 0 Å². The first-order chi connectivity index (χ1) is 10.6. The van der Waals surface area contributed by atoms with E-state index < -0.39 is 0 Å². The van der Waals surface area contributed by atoms with Crippen LogP contribution in [0.25, 0.3) is 0 Å². The second-order valence-corrected chi connectivity index (χ2v) is 8.17. The maximum atomic E-state index is 5.72. The maximum absolute atomic E-state index is 5.72. The Hall–Kier alpha value is -0.0400. The molecule has 0 atom stereocenters. The van der Waals surface area contributed by atoms with Gasteiger partial charge < -0.3 is 4.74 Å². The molecule has 0 spiro atoms. The summed E-state index contributed by atoms with van der Waals surface area (Å²) < 4.78 is 5.72. The quantitative estimate of drug-likeness (QED) is 0.268. The van der Waals surface area contributed by atoms with Gasteiger partial charge in [-0.3, -0.25) is 0 Å². The minimum atomic E-state index is 0.521. The third-order valence-corrected chi connectivity index (χ3v) is 4.36. The fourth-order valence-corrected chi connectivity index (χ4v) is 2.83. The summed E-state index contributed by atoms with van der Waals surface area (Å²) in [5.74, 6) is 0. The molecule has 0 aromatic rings. The monoisotopic (exact) mass is 312 g/mol. The lowest BCUT2D eigenvalue weighted by atomic mass is 9.89. The zero-order valence-electron chi connectivity index (χ0n) is 16.2. The van der Waals surface area contributed by atoms with Gasteiger partial charge in [0.2, 0.25) is 0 Å². The van der Waals surface area contributed by atoms with E-state index in [9.17, 15) is 0 Å². The fourth-order valence-electron chi connectivity index (χ4n) is 2.83. The molecule has 0 rings (SSSR count). The summed E-state index contributed by atoms with van der Waals surface area (Å²) in [6.07, 6.45) is 19.2. The first-order valence-electron chi connectivity index (χ1n) is 10.1. The van der Waals surface area contributed by atoms with Crippen LogP contribution in [0.3, 0.4) is 0 Å². The van der Waals surface area contributed by atoms with Gasteiger partial charge >= 0.3 is 0 Å². The smallest absolute Gasteiger partial charge is 0.0466 e. The van der Waals surface area contributed by atoms with Crippen molar-refractivity contribution in [3.05, 3.63) is 0 Å². The molecule has 0 saturated heterocycles. The molecule has 1 heteroatoms. The Kier molecular flexibility index (Phi) is 15.8. The third kappa shape index (κ3) is 20.0. The topological polar surface area (TPSA) is 9.23 Å². The van der Waals surface area contributed by atoms with Gasteiger partial charge in [-0.1, -0.05) is 98.3 Å². The van der Waals surface area contributed by atoms with Crippen molar-refractivity contribution < 1.29 is 4.74 Å². The molecule has 0 radical (unpaired) electrons. The van der Waals surface area contributed by atoms with E-state index in [0.29, 0.717) is 5.41 Å². The zero-order chi connectivity index (χ0) is 16.5.